The lowest BCUT2D eigenvalue weighted by atomic mass is 9.80. The highest BCUT2D eigenvalue weighted by molar-refractivity contribution is 7.45. The van der Waals surface area contributed by atoms with Crippen LogP contribution in [0.25, 0.3) is 11.2 Å². The quantitative estimate of drug-likeness (QED) is 0.0452. The molecule has 0 spiro atoms. The summed E-state index contributed by atoms with van der Waals surface area (Å²) in [5, 5.41) is 2.48. The molecule has 1 fully saturated rings. The molecule has 0 radical (unpaired) electrons. The number of hydrogen-bond acceptors (Lipinski definition) is 12. The van der Waals surface area contributed by atoms with Gasteiger partial charge in [-0.2, -0.15) is 4.98 Å². The minimum absolute atomic E-state index is 0.0267. The Kier molecular flexibility index (Phi) is 14.6. The Hall–Kier alpha value is -6.09. The number of methoxy groups -OCH3 is 2. The summed E-state index contributed by atoms with van der Waals surface area (Å²) in [7, 11) is 1.54. The second kappa shape index (κ2) is 20.4. The number of aromatic amines is 1. The number of para-hydroxylation sites is 1. The zero-order valence-electron chi connectivity index (χ0n) is 36.2. The largest absolute Gasteiger partial charge is 0.497 e. The SMILES string of the molecule is C=CCOC(=O)Nc1nc2c(ncn2[C@H]2C[C@H](OP(Oc3ccccc3)N(C(C)C)C(C)C)[C@@H](COC(c3ccccc3)(c3ccc(OC)cc3)c3ccc(OC)cc3)O2)c(=O)[nH]1. The Morgan fingerprint density at radius 3 is 2.06 bits per heavy atom. The normalized spacial score (nSPS) is 16.9. The lowest BCUT2D eigenvalue weighted by molar-refractivity contribution is -0.0907. The molecule has 6 aromatic rings. The van der Waals surface area contributed by atoms with Crippen LogP contribution in [0.2, 0.25) is 0 Å². The molecule has 0 aliphatic carbocycles. The van der Waals surface area contributed by atoms with Crippen molar-refractivity contribution >= 4 is 31.7 Å². The van der Waals surface area contributed by atoms with Gasteiger partial charge in [-0.05, 0) is 80.8 Å². The van der Waals surface area contributed by atoms with E-state index in [0.29, 0.717) is 23.7 Å². The van der Waals surface area contributed by atoms with Gasteiger partial charge in [0, 0.05) is 18.5 Å². The van der Waals surface area contributed by atoms with Crippen molar-refractivity contribution in [3.63, 3.8) is 0 Å². The Morgan fingerprint density at radius 2 is 1.49 bits per heavy atom. The van der Waals surface area contributed by atoms with E-state index in [0.717, 1.165) is 16.7 Å². The van der Waals surface area contributed by atoms with Gasteiger partial charge in [-0.3, -0.25) is 19.7 Å². The van der Waals surface area contributed by atoms with Gasteiger partial charge in [-0.25, -0.2) is 14.4 Å². The maximum atomic E-state index is 13.3. The number of carbonyl (C=O) groups is 1. The number of ether oxygens (including phenoxy) is 5. The molecular formula is C47H53N6O9P. The van der Waals surface area contributed by atoms with Gasteiger partial charge in [-0.15, -0.1) is 0 Å². The van der Waals surface area contributed by atoms with Gasteiger partial charge in [0.2, 0.25) is 5.95 Å². The second-order valence-electron chi connectivity index (χ2n) is 15.3. The Bertz CT molecular complexity index is 2430. The average molecular weight is 877 g/mol. The Balaban J connectivity index is 1.32. The van der Waals surface area contributed by atoms with E-state index in [9.17, 15) is 9.59 Å². The van der Waals surface area contributed by atoms with E-state index in [2.05, 4.69) is 59.2 Å². The van der Waals surface area contributed by atoms with Crippen LogP contribution < -0.4 is 24.9 Å². The number of H-pyrrole nitrogens is 1. The number of nitrogens with one attached hydrogen (secondary N) is 2. The molecule has 1 saturated heterocycles. The first-order chi connectivity index (χ1) is 30.5. The summed E-state index contributed by atoms with van der Waals surface area (Å²) in [4.78, 5) is 37.2. The number of aromatic nitrogens is 4. The third-order valence-electron chi connectivity index (χ3n) is 10.5. The second-order valence-corrected chi connectivity index (χ2v) is 16.6. The lowest BCUT2D eigenvalue weighted by Gasteiger charge is -2.38. The van der Waals surface area contributed by atoms with Crippen LogP contribution in [0.15, 0.2) is 133 Å². The van der Waals surface area contributed by atoms with Gasteiger partial charge >= 0.3 is 14.6 Å². The molecule has 63 heavy (non-hydrogen) atoms. The number of rotatable bonds is 19. The number of carbonyl (C=O) groups excluding carboxylic acids is 1. The van der Waals surface area contributed by atoms with Crippen molar-refractivity contribution in [3.05, 3.63) is 155 Å². The van der Waals surface area contributed by atoms with Gasteiger partial charge in [-0.1, -0.05) is 85.5 Å². The Morgan fingerprint density at radius 1 is 0.905 bits per heavy atom. The standard InChI is InChI=1S/C47H53N6O9P/c1-8-27-58-46(55)51-45-49-43-42(44(54)50-45)48-30-52(43)41-28-39(62-63(53(31(2)3)32(4)5)61-38-17-13-10-14-18-38)40(60-41)29-59-47(33-15-11-9-12-16-33,34-19-23-36(56-6)24-20-34)35-21-25-37(57-7)26-22-35/h8-26,30-32,39-41H,1,27-29H2,2-7H3,(H2,49,50,51,54,55)/t39-,40+,41+,63?/m0/s1. The highest BCUT2D eigenvalue weighted by Crippen LogP contribution is 2.51. The molecule has 4 aromatic carbocycles. The highest BCUT2D eigenvalue weighted by Gasteiger charge is 2.45. The summed E-state index contributed by atoms with van der Waals surface area (Å²) in [6.07, 6.45) is 0.355. The fraction of sp³-hybridized carbons (Fsp3) is 0.319. The molecule has 15 nitrogen and oxygen atoms in total. The van der Waals surface area contributed by atoms with E-state index in [4.69, 9.17) is 32.7 Å². The van der Waals surface area contributed by atoms with E-state index < -0.39 is 44.2 Å². The van der Waals surface area contributed by atoms with Crippen LogP contribution >= 0.6 is 8.53 Å². The molecule has 0 bridgehead atoms. The summed E-state index contributed by atoms with van der Waals surface area (Å²) >= 11 is 0. The van der Waals surface area contributed by atoms with Gasteiger partial charge in [0.1, 0.15) is 41.8 Å². The first-order valence-electron chi connectivity index (χ1n) is 20.7. The van der Waals surface area contributed by atoms with Crippen LogP contribution in [-0.4, -0.2) is 82.0 Å². The Labute approximate surface area is 367 Å². The average Bonchev–Trinajstić information content (AvgIpc) is 3.91. The maximum Gasteiger partial charge on any atom is 0.414 e. The summed E-state index contributed by atoms with van der Waals surface area (Å²) in [6.45, 7) is 12.0. The van der Waals surface area contributed by atoms with Crippen molar-refractivity contribution in [2.24, 2.45) is 0 Å². The van der Waals surface area contributed by atoms with Crippen molar-refractivity contribution < 1.29 is 37.5 Å². The van der Waals surface area contributed by atoms with Gasteiger partial charge in [0.25, 0.3) is 5.56 Å². The van der Waals surface area contributed by atoms with Crippen LogP contribution in [-0.2, 0) is 24.3 Å². The van der Waals surface area contributed by atoms with Crippen molar-refractivity contribution in [1.29, 1.82) is 0 Å². The fourth-order valence-electron chi connectivity index (χ4n) is 7.66. The molecule has 1 amide bonds. The molecule has 2 N–H and O–H groups in total. The predicted octanol–water partition coefficient (Wildman–Crippen LogP) is 8.98. The zero-order chi connectivity index (χ0) is 44.5. The topological polar surface area (TPSA) is 161 Å². The van der Waals surface area contributed by atoms with E-state index in [1.165, 1.54) is 12.4 Å². The smallest absolute Gasteiger partial charge is 0.414 e. The van der Waals surface area contributed by atoms with Crippen LogP contribution in [0.3, 0.4) is 0 Å². The summed E-state index contributed by atoms with van der Waals surface area (Å²) < 4.78 is 48.3. The first-order valence-corrected chi connectivity index (χ1v) is 21.8. The fourth-order valence-corrected chi connectivity index (χ4v) is 9.42. The molecule has 330 valence electrons. The highest BCUT2D eigenvalue weighted by atomic mass is 31.2. The van der Waals surface area contributed by atoms with Crippen LogP contribution in [0, 0.1) is 0 Å². The third-order valence-corrected chi connectivity index (χ3v) is 12.6. The number of imidazole rings is 1. The van der Waals surface area contributed by atoms with Crippen LogP contribution in [0.5, 0.6) is 17.2 Å². The van der Waals surface area contributed by atoms with E-state index in [1.807, 2.05) is 109 Å². The summed E-state index contributed by atoms with van der Waals surface area (Å²) in [6, 6.07) is 35.4. The molecule has 2 aromatic heterocycles. The number of anilines is 1. The van der Waals surface area contributed by atoms with E-state index in [1.54, 1.807) is 18.8 Å². The molecule has 1 aliphatic rings. The number of hydrogen-bond donors (Lipinski definition) is 2. The molecule has 0 saturated carbocycles. The van der Waals surface area contributed by atoms with Crippen molar-refractivity contribution in [1.82, 2.24) is 24.2 Å². The minimum Gasteiger partial charge on any atom is -0.497 e. The van der Waals surface area contributed by atoms with Gasteiger partial charge in [0.05, 0.1) is 33.3 Å². The molecule has 1 unspecified atom stereocenters. The third kappa shape index (κ3) is 10.1. The lowest BCUT2D eigenvalue weighted by Crippen LogP contribution is -2.40. The number of benzene rings is 4. The summed E-state index contributed by atoms with van der Waals surface area (Å²) in [5.74, 6) is 1.94. The minimum atomic E-state index is -1.73. The number of nitrogens with zero attached hydrogens (tertiary/aromatic N) is 4. The maximum absolute atomic E-state index is 13.3. The van der Waals surface area contributed by atoms with Crippen LogP contribution in [0.4, 0.5) is 10.7 Å². The number of amides is 1. The summed E-state index contributed by atoms with van der Waals surface area (Å²) in [5.41, 5.74) is 1.11. The molecule has 4 atom stereocenters. The number of fused-ring (bicyclic) bond motifs is 1. The van der Waals surface area contributed by atoms with E-state index >= 15 is 0 Å². The van der Waals surface area contributed by atoms with Gasteiger partial charge < -0.3 is 32.7 Å². The monoisotopic (exact) mass is 876 g/mol. The molecule has 1 aliphatic heterocycles. The van der Waals surface area contributed by atoms with Crippen molar-refractivity contribution in [2.75, 3.05) is 32.8 Å². The molecule has 16 heteroatoms. The first kappa shape index (κ1) is 44.9. The van der Waals surface area contributed by atoms with Crippen LogP contribution in [0.1, 0.15) is 57.0 Å². The van der Waals surface area contributed by atoms with Gasteiger partial charge in [0.15, 0.2) is 11.2 Å². The van der Waals surface area contributed by atoms with Crippen molar-refractivity contribution in [3.8, 4) is 17.2 Å². The molecule has 7 rings (SSSR count). The van der Waals surface area contributed by atoms with E-state index in [-0.39, 0.29) is 42.4 Å². The molecule has 3 heterocycles. The predicted molar refractivity (Wildman–Crippen MR) is 241 cm³/mol. The zero-order valence-corrected chi connectivity index (χ0v) is 37.1. The molecular weight excluding hydrogens is 824 g/mol. The van der Waals surface area contributed by atoms with Crippen molar-refractivity contribution in [2.45, 2.75) is 70.2 Å².